The number of hydrogen-bond donors (Lipinski definition) is 1. The Balaban J connectivity index is 2.06. The van der Waals surface area contributed by atoms with Gasteiger partial charge in [0.15, 0.2) is 0 Å². The molecule has 2 rings (SSSR count). The largest absolute Gasteiger partial charge is 0.361 e. The highest BCUT2D eigenvalue weighted by molar-refractivity contribution is 5.69. The van der Waals surface area contributed by atoms with E-state index in [0.29, 0.717) is 0 Å². The molecular formula is C15H15N. The number of rotatable bonds is 4. The molecule has 1 aromatic rings. The molecule has 1 N–H and O–H groups in total. The molecule has 0 bridgehead atoms. The molecule has 0 saturated carbocycles. The molecule has 0 aliphatic heterocycles. The molecule has 1 aliphatic carbocycles. The van der Waals surface area contributed by atoms with Crippen molar-refractivity contribution in [2.45, 2.75) is 6.42 Å². The first-order valence-electron chi connectivity index (χ1n) is 5.41. The van der Waals surface area contributed by atoms with Gasteiger partial charge in [-0.15, -0.1) is 0 Å². The van der Waals surface area contributed by atoms with Crippen LogP contribution in [0, 0.1) is 0 Å². The molecule has 0 unspecified atom stereocenters. The minimum atomic E-state index is 1.02. The Labute approximate surface area is 96.5 Å². The van der Waals surface area contributed by atoms with E-state index < -0.39 is 0 Å². The van der Waals surface area contributed by atoms with Crippen molar-refractivity contribution in [3.05, 3.63) is 72.5 Å². The normalized spacial score (nSPS) is 13.5. The van der Waals surface area contributed by atoms with Crippen LogP contribution in [0.15, 0.2) is 61.4 Å². The topological polar surface area (TPSA) is 12.0 Å². The van der Waals surface area contributed by atoms with Crippen LogP contribution in [0.5, 0.6) is 0 Å². The lowest BCUT2D eigenvalue weighted by Gasteiger charge is -2.07. The third-order valence-electron chi connectivity index (χ3n) is 2.53. The summed E-state index contributed by atoms with van der Waals surface area (Å²) in [5.41, 5.74) is 3.88. The van der Waals surface area contributed by atoms with Crippen molar-refractivity contribution in [3.8, 4) is 0 Å². The maximum Gasteiger partial charge on any atom is 0.0421 e. The van der Waals surface area contributed by atoms with Crippen LogP contribution in [0.4, 0.5) is 5.69 Å². The maximum atomic E-state index is 3.61. The summed E-state index contributed by atoms with van der Waals surface area (Å²) in [5.74, 6) is 0. The summed E-state index contributed by atoms with van der Waals surface area (Å²) in [7, 11) is 0. The second-order valence-electron chi connectivity index (χ2n) is 3.60. The van der Waals surface area contributed by atoms with Crippen LogP contribution in [-0.2, 0) is 6.42 Å². The SMILES string of the molecule is C=C/C=C\C=C/Nc1cccc2c1CC=C2. The zero-order valence-electron chi connectivity index (χ0n) is 9.19. The van der Waals surface area contributed by atoms with E-state index in [-0.39, 0.29) is 0 Å². The third-order valence-corrected chi connectivity index (χ3v) is 2.53. The van der Waals surface area contributed by atoms with Gasteiger partial charge in [0.05, 0.1) is 0 Å². The van der Waals surface area contributed by atoms with Crippen molar-refractivity contribution in [2.24, 2.45) is 0 Å². The first-order chi connectivity index (χ1) is 7.92. The van der Waals surface area contributed by atoms with Gasteiger partial charge in [-0.25, -0.2) is 0 Å². The Morgan fingerprint density at radius 1 is 1.19 bits per heavy atom. The van der Waals surface area contributed by atoms with Crippen LogP contribution in [0.3, 0.4) is 0 Å². The van der Waals surface area contributed by atoms with E-state index in [9.17, 15) is 0 Å². The summed E-state index contributed by atoms with van der Waals surface area (Å²) >= 11 is 0. The fourth-order valence-corrected chi connectivity index (χ4v) is 1.76. The van der Waals surface area contributed by atoms with E-state index in [4.69, 9.17) is 0 Å². The van der Waals surface area contributed by atoms with E-state index in [1.807, 2.05) is 24.4 Å². The van der Waals surface area contributed by atoms with Gasteiger partial charge in [-0.3, -0.25) is 0 Å². The number of allylic oxidation sites excluding steroid dienone is 5. The van der Waals surface area contributed by atoms with E-state index in [1.54, 1.807) is 6.08 Å². The van der Waals surface area contributed by atoms with E-state index >= 15 is 0 Å². The molecule has 1 nitrogen and oxygen atoms in total. The Morgan fingerprint density at radius 2 is 2.12 bits per heavy atom. The van der Waals surface area contributed by atoms with E-state index in [0.717, 1.165) is 6.42 Å². The number of benzene rings is 1. The molecule has 16 heavy (non-hydrogen) atoms. The Hall–Kier alpha value is -2.02. The fraction of sp³-hybridized carbons (Fsp3) is 0.0667. The molecule has 1 aromatic carbocycles. The van der Waals surface area contributed by atoms with Gasteiger partial charge >= 0.3 is 0 Å². The first kappa shape index (κ1) is 10.5. The molecule has 1 aliphatic rings. The van der Waals surface area contributed by atoms with Crippen LogP contribution in [-0.4, -0.2) is 0 Å². The predicted molar refractivity (Wildman–Crippen MR) is 71.3 cm³/mol. The molecule has 0 radical (unpaired) electrons. The van der Waals surface area contributed by atoms with Crippen molar-refractivity contribution < 1.29 is 0 Å². The zero-order chi connectivity index (χ0) is 11.2. The van der Waals surface area contributed by atoms with Crippen molar-refractivity contribution in [1.29, 1.82) is 0 Å². The summed E-state index contributed by atoms with van der Waals surface area (Å²) in [6.07, 6.45) is 14.9. The van der Waals surface area contributed by atoms with Crippen molar-refractivity contribution in [3.63, 3.8) is 0 Å². The molecule has 0 amide bonds. The van der Waals surface area contributed by atoms with Crippen LogP contribution in [0.25, 0.3) is 6.08 Å². The molecule has 0 fully saturated rings. The molecule has 1 heteroatoms. The van der Waals surface area contributed by atoms with Gasteiger partial charge in [0.1, 0.15) is 0 Å². The maximum absolute atomic E-state index is 3.61. The highest BCUT2D eigenvalue weighted by Crippen LogP contribution is 2.26. The number of anilines is 1. The van der Waals surface area contributed by atoms with E-state index in [2.05, 4.69) is 42.2 Å². The summed E-state index contributed by atoms with van der Waals surface area (Å²) < 4.78 is 0. The van der Waals surface area contributed by atoms with Gasteiger partial charge in [-0.05, 0) is 29.7 Å². The summed E-state index contributed by atoms with van der Waals surface area (Å²) in [6, 6.07) is 6.32. The molecular weight excluding hydrogens is 194 g/mol. The third kappa shape index (κ3) is 2.31. The lowest BCUT2D eigenvalue weighted by Crippen LogP contribution is -1.93. The molecule has 0 saturated heterocycles. The average Bonchev–Trinajstić information content (AvgIpc) is 2.77. The summed E-state index contributed by atoms with van der Waals surface area (Å²) in [6.45, 7) is 3.61. The van der Waals surface area contributed by atoms with Crippen LogP contribution in [0.1, 0.15) is 11.1 Å². The first-order valence-corrected chi connectivity index (χ1v) is 5.41. The zero-order valence-corrected chi connectivity index (χ0v) is 9.19. The minimum Gasteiger partial charge on any atom is -0.361 e. The fourth-order valence-electron chi connectivity index (χ4n) is 1.76. The van der Waals surface area contributed by atoms with E-state index in [1.165, 1.54) is 16.8 Å². The van der Waals surface area contributed by atoms with Crippen molar-refractivity contribution in [2.75, 3.05) is 5.32 Å². The summed E-state index contributed by atoms with van der Waals surface area (Å²) in [4.78, 5) is 0. The Morgan fingerprint density at radius 3 is 3.00 bits per heavy atom. The second-order valence-corrected chi connectivity index (χ2v) is 3.60. The lowest BCUT2D eigenvalue weighted by molar-refractivity contribution is 1.30. The van der Waals surface area contributed by atoms with Gasteiger partial charge < -0.3 is 5.32 Å². The monoisotopic (exact) mass is 209 g/mol. The highest BCUT2D eigenvalue weighted by atomic mass is 14.8. The quantitative estimate of drug-likeness (QED) is 0.741. The van der Waals surface area contributed by atoms with Gasteiger partial charge in [-0.1, -0.05) is 49.1 Å². The Kier molecular flexibility index (Phi) is 3.39. The molecule has 0 atom stereocenters. The highest BCUT2D eigenvalue weighted by Gasteiger charge is 2.07. The lowest BCUT2D eigenvalue weighted by atomic mass is 10.1. The Bertz CT molecular complexity index is 464. The minimum absolute atomic E-state index is 1.02. The summed E-state index contributed by atoms with van der Waals surface area (Å²) in [5, 5.41) is 3.30. The van der Waals surface area contributed by atoms with Crippen LogP contribution in [0.2, 0.25) is 0 Å². The van der Waals surface area contributed by atoms with Crippen molar-refractivity contribution >= 4 is 11.8 Å². The predicted octanol–water partition coefficient (Wildman–Crippen LogP) is 3.92. The number of hydrogen-bond acceptors (Lipinski definition) is 1. The van der Waals surface area contributed by atoms with Gasteiger partial charge in [0, 0.05) is 11.9 Å². The van der Waals surface area contributed by atoms with Crippen LogP contribution < -0.4 is 5.32 Å². The van der Waals surface area contributed by atoms with Crippen molar-refractivity contribution in [1.82, 2.24) is 0 Å². The molecule has 80 valence electrons. The standard InChI is InChI=1S/C15H15N/c1-2-3-4-5-12-16-15-11-7-9-13-8-6-10-14(13)15/h2-9,11-12,16H,1,10H2/b4-3-,12-5-. The smallest absolute Gasteiger partial charge is 0.0421 e. The molecule has 0 heterocycles. The van der Waals surface area contributed by atoms with Gasteiger partial charge in [0.25, 0.3) is 0 Å². The average molecular weight is 209 g/mol. The van der Waals surface area contributed by atoms with Crippen LogP contribution >= 0.6 is 0 Å². The number of fused-ring (bicyclic) bond motifs is 1. The second kappa shape index (κ2) is 5.17. The molecule has 0 spiro atoms. The van der Waals surface area contributed by atoms with Gasteiger partial charge in [0.2, 0.25) is 0 Å². The number of nitrogens with one attached hydrogen (secondary N) is 1. The van der Waals surface area contributed by atoms with Gasteiger partial charge in [-0.2, -0.15) is 0 Å². The molecule has 0 aromatic heterocycles.